The number of rotatable bonds is 9. The van der Waals surface area contributed by atoms with Gasteiger partial charge in [0.1, 0.15) is 12.7 Å². The van der Waals surface area contributed by atoms with Crippen LogP contribution in [-0.2, 0) is 23.7 Å². The van der Waals surface area contributed by atoms with Crippen molar-refractivity contribution in [2.75, 3.05) is 20.3 Å². The van der Waals surface area contributed by atoms with Gasteiger partial charge in [0.25, 0.3) is 0 Å². The van der Waals surface area contributed by atoms with Gasteiger partial charge in [-0.3, -0.25) is 0 Å². The Balaban J connectivity index is 1.98. The van der Waals surface area contributed by atoms with Crippen LogP contribution < -0.4 is 0 Å². The summed E-state index contributed by atoms with van der Waals surface area (Å²) < 4.78 is 106. The Morgan fingerprint density at radius 1 is 0.811 bits per heavy atom. The fourth-order valence-corrected chi connectivity index (χ4v) is 5.58. The SMILES string of the molecule is C=C(C)C(=O)OCC(C)COC(=O)OC1CCC(C(C2CCC(OC)CC2)(C(F)(F)F)C(F)(F)F)CC1. The number of alkyl halides is 6. The second kappa shape index (κ2) is 12.7. The molecule has 2 fully saturated rings. The number of methoxy groups -OCH3 is 1. The molecule has 0 aromatic heterocycles. The fourth-order valence-electron chi connectivity index (χ4n) is 5.58. The van der Waals surface area contributed by atoms with Crippen LogP contribution in [0.25, 0.3) is 0 Å². The predicted octanol–water partition coefficient (Wildman–Crippen LogP) is 6.77. The van der Waals surface area contributed by atoms with E-state index in [1.54, 1.807) is 6.92 Å². The molecule has 2 saturated carbocycles. The lowest BCUT2D eigenvalue weighted by molar-refractivity contribution is -0.382. The number of ether oxygens (including phenoxy) is 4. The van der Waals surface area contributed by atoms with Gasteiger partial charge in [0, 0.05) is 18.6 Å². The number of carbonyl (C=O) groups excluding carboxylic acids is 2. The molecule has 37 heavy (non-hydrogen) atoms. The van der Waals surface area contributed by atoms with Crippen LogP contribution in [0.15, 0.2) is 12.2 Å². The molecule has 0 radical (unpaired) electrons. The van der Waals surface area contributed by atoms with E-state index >= 15 is 0 Å². The Bertz CT molecular complexity index is 766. The summed E-state index contributed by atoms with van der Waals surface area (Å²) in [5, 5.41) is 0. The van der Waals surface area contributed by atoms with Crippen LogP contribution in [0.3, 0.4) is 0 Å². The van der Waals surface area contributed by atoms with Crippen molar-refractivity contribution in [3.05, 3.63) is 12.2 Å². The zero-order valence-electron chi connectivity index (χ0n) is 21.4. The van der Waals surface area contributed by atoms with Gasteiger partial charge in [0.2, 0.25) is 0 Å². The van der Waals surface area contributed by atoms with Gasteiger partial charge >= 0.3 is 24.5 Å². The zero-order chi connectivity index (χ0) is 28.0. The molecule has 0 amide bonds. The molecule has 0 heterocycles. The van der Waals surface area contributed by atoms with Crippen LogP contribution in [0.1, 0.15) is 65.2 Å². The summed E-state index contributed by atoms with van der Waals surface area (Å²) in [5.74, 6) is -4.21. The molecule has 0 saturated heterocycles. The topological polar surface area (TPSA) is 71.1 Å². The largest absolute Gasteiger partial charge is 0.508 e. The first-order valence-electron chi connectivity index (χ1n) is 12.5. The van der Waals surface area contributed by atoms with E-state index in [4.69, 9.17) is 18.9 Å². The highest BCUT2D eigenvalue weighted by Crippen LogP contribution is 2.64. The van der Waals surface area contributed by atoms with E-state index in [0.29, 0.717) is 0 Å². The van der Waals surface area contributed by atoms with E-state index in [1.165, 1.54) is 14.0 Å². The van der Waals surface area contributed by atoms with Crippen LogP contribution in [-0.4, -0.2) is 57.0 Å². The summed E-state index contributed by atoms with van der Waals surface area (Å²) >= 11 is 0. The number of hydrogen-bond acceptors (Lipinski definition) is 6. The van der Waals surface area contributed by atoms with E-state index < -0.39 is 47.8 Å². The number of carbonyl (C=O) groups is 2. The zero-order valence-corrected chi connectivity index (χ0v) is 21.4. The highest BCUT2D eigenvalue weighted by Gasteiger charge is 2.76. The third-order valence-electron chi connectivity index (χ3n) is 7.50. The standard InChI is InChI=1S/C25H36F6O6/c1-15(2)21(32)35-13-16(3)14-36-22(33)37-20-11-7-18(8-12-20)23(24(26,27)28,25(29,30)31)17-5-9-19(34-4)10-6-17/h16-20H,1,5-14H2,2-4H3. The summed E-state index contributed by atoms with van der Waals surface area (Å²) in [4.78, 5) is 23.4. The summed E-state index contributed by atoms with van der Waals surface area (Å²) in [7, 11) is 1.40. The predicted molar refractivity (Wildman–Crippen MR) is 120 cm³/mol. The Morgan fingerprint density at radius 3 is 1.65 bits per heavy atom. The lowest BCUT2D eigenvalue weighted by atomic mass is 9.57. The van der Waals surface area contributed by atoms with Crippen molar-refractivity contribution in [1.82, 2.24) is 0 Å². The van der Waals surface area contributed by atoms with Crippen molar-refractivity contribution < 1.29 is 54.9 Å². The average Bonchev–Trinajstić information content (AvgIpc) is 2.81. The maximum absolute atomic E-state index is 14.4. The second-order valence-electron chi connectivity index (χ2n) is 10.2. The van der Waals surface area contributed by atoms with Crippen molar-refractivity contribution >= 4 is 12.1 Å². The lowest BCUT2D eigenvalue weighted by Gasteiger charge is -2.51. The molecule has 2 rings (SSSR count). The Labute approximate surface area is 213 Å². The van der Waals surface area contributed by atoms with Crippen LogP contribution >= 0.6 is 0 Å². The highest BCUT2D eigenvalue weighted by atomic mass is 19.4. The van der Waals surface area contributed by atoms with Gasteiger partial charge in [0.15, 0.2) is 5.41 Å². The van der Waals surface area contributed by atoms with Crippen molar-refractivity contribution in [3.8, 4) is 0 Å². The van der Waals surface area contributed by atoms with Crippen molar-refractivity contribution in [3.63, 3.8) is 0 Å². The Hall–Kier alpha value is -1.98. The molecule has 6 nitrogen and oxygen atoms in total. The second-order valence-corrected chi connectivity index (χ2v) is 10.2. The van der Waals surface area contributed by atoms with Crippen molar-refractivity contribution in [1.29, 1.82) is 0 Å². The first-order valence-corrected chi connectivity index (χ1v) is 12.5. The molecule has 0 spiro atoms. The number of hydrogen-bond donors (Lipinski definition) is 0. The van der Waals surface area contributed by atoms with Gasteiger partial charge < -0.3 is 18.9 Å². The smallest absolute Gasteiger partial charge is 0.462 e. The molecule has 0 N–H and O–H groups in total. The number of esters is 1. The van der Waals surface area contributed by atoms with Crippen molar-refractivity contribution in [2.24, 2.45) is 23.2 Å². The highest BCUT2D eigenvalue weighted by molar-refractivity contribution is 5.86. The maximum Gasteiger partial charge on any atom is 0.508 e. The minimum atomic E-state index is -5.48. The average molecular weight is 547 g/mol. The monoisotopic (exact) mass is 546 g/mol. The number of halogens is 6. The van der Waals surface area contributed by atoms with Gasteiger partial charge in [-0.05, 0) is 70.1 Å². The molecule has 12 heteroatoms. The third kappa shape index (κ3) is 7.54. The first-order chi connectivity index (χ1) is 17.1. The van der Waals surface area contributed by atoms with E-state index in [9.17, 15) is 35.9 Å². The van der Waals surface area contributed by atoms with Crippen molar-refractivity contribution in [2.45, 2.75) is 89.8 Å². The van der Waals surface area contributed by atoms with Gasteiger partial charge in [-0.25, -0.2) is 9.59 Å². The van der Waals surface area contributed by atoms with Gasteiger partial charge in [0.05, 0.1) is 12.7 Å². The molecule has 0 aromatic rings. The minimum Gasteiger partial charge on any atom is -0.462 e. The summed E-state index contributed by atoms with van der Waals surface area (Å²) in [5.41, 5.74) is -3.60. The first kappa shape index (κ1) is 31.2. The summed E-state index contributed by atoms with van der Waals surface area (Å²) in [6, 6.07) is 0. The maximum atomic E-state index is 14.4. The van der Waals surface area contributed by atoms with Crippen LogP contribution in [0.4, 0.5) is 31.1 Å². The molecule has 0 bridgehead atoms. The van der Waals surface area contributed by atoms with E-state index in [2.05, 4.69) is 6.58 Å². The molecular formula is C25H36F6O6. The Morgan fingerprint density at radius 2 is 1.24 bits per heavy atom. The van der Waals surface area contributed by atoms with Crippen LogP contribution in [0, 0.1) is 23.2 Å². The van der Waals surface area contributed by atoms with Gasteiger partial charge in [-0.1, -0.05) is 13.5 Å². The molecule has 1 atom stereocenters. The molecule has 214 valence electrons. The van der Waals surface area contributed by atoms with Gasteiger partial charge in [-0.15, -0.1) is 0 Å². The molecule has 1 unspecified atom stereocenters. The van der Waals surface area contributed by atoms with Gasteiger partial charge in [-0.2, -0.15) is 26.3 Å². The molecule has 2 aliphatic rings. The van der Waals surface area contributed by atoms with Crippen LogP contribution in [0.5, 0.6) is 0 Å². The molecule has 0 aromatic carbocycles. The van der Waals surface area contributed by atoms with Crippen LogP contribution in [0.2, 0.25) is 0 Å². The molecule has 2 aliphatic carbocycles. The summed E-state index contributed by atoms with van der Waals surface area (Å²) in [6.07, 6.45) is -14.4. The summed E-state index contributed by atoms with van der Waals surface area (Å²) in [6.45, 7) is 6.39. The quantitative estimate of drug-likeness (QED) is 0.181. The van der Waals surface area contributed by atoms with E-state index in [1.807, 2.05) is 0 Å². The van der Waals surface area contributed by atoms with E-state index in [0.717, 1.165) is 0 Å². The molecular weight excluding hydrogens is 510 g/mol. The van der Waals surface area contributed by atoms with E-state index in [-0.39, 0.29) is 82.2 Å². The normalized spacial score (nSPS) is 26.2. The lowest BCUT2D eigenvalue weighted by Crippen LogP contribution is -2.61. The Kier molecular flexibility index (Phi) is 10.7. The third-order valence-corrected chi connectivity index (χ3v) is 7.50. The fraction of sp³-hybridized carbons (Fsp3) is 0.840. The minimum absolute atomic E-state index is 0.0344. The molecule has 0 aliphatic heterocycles.